The average Bonchev–Trinajstić information content (AvgIpc) is 2.17. The van der Waals surface area contributed by atoms with Gasteiger partial charge in [-0.1, -0.05) is 12.1 Å². The van der Waals surface area contributed by atoms with Gasteiger partial charge in [0.1, 0.15) is 5.82 Å². The zero-order valence-electron chi connectivity index (χ0n) is 8.82. The second-order valence-electron chi connectivity index (χ2n) is 3.49. The summed E-state index contributed by atoms with van der Waals surface area (Å²) in [6.07, 6.45) is 0. The molecule has 2 rings (SSSR count). The lowest BCUT2D eigenvalue weighted by atomic mass is 10.1. The van der Waals surface area contributed by atoms with Crippen molar-refractivity contribution in [1.82, 2.24) is 9.55 Å². The highest BCUT2D eigenvalue weighted by Crippen LogP contribution is 2.22. The van der Waals surface area contributed by atoms with Gasteiger partial charge in [0.2, 0.25) is 4.77 Å². The van der Waals surface area contributed by atoms with Gasteiger partial charge in [0.05, 0.1) is 5.52 Å². The van der Waals surface area contributed by atoms with E-state index in [1.807, 2.05) is 29.7 Å². The van der Waals surface area contributed by atoms with Crippen LogP contribution in [0.3, 0.4) is 0 Å². The van der Waals surface area contributed by atoms with Crippen molar-refractivity contribution in [1.29, 1.82) is 0 Å². The number of hydrogen-bond donors (Lipinski definition) is 1. The third-order valence-corrected chi connectivity index (χ3v) is 2.87. The van der Waals surface area contributed by atoms with Crippen molar-refractivity contribution in [3.8, 4) is 0 Å². The second-order valence-corrected chi connectivity index (χ2v) is 3.86. The molecule has 1 aromatic heterocycles. The molecule has 0 amide bonds. The number of aryl methyl sites for hydroxylation is 2. The van der Waals surface area contributed by atoms with Crippen LogP contribution in [0.1, 0.15) is 12.5 Å². The Kier molecular flexibility index (Phi) is 2.44. The normalized spacial score (nSPS) is 10.8. The molecule has 1 aromatic carbocycles. The van der Waals surface area contributed by atoms with Gasteiger partial charge in [-0.15, -0.1) is 0 Å². The molecule has 78 valence electrons. The summed E-state index contributed by atoms with van der Waals surface area (Å²) in [5, 5.41) is 1.01. The van der Waals surface area contributed by atoms with Gasteiger partial charge in [0, 0.05) is 11.9 Å². The minimum Gasteiger partial charge on any atom is -0.383 e. The largest absolute Gasteiger partial charge is 0.383 e. The van der Waals surface area contributed by atoms with E-state index in [0.29, 0.717) is 10.6 Å². The predicted molar refractivity (Wildman–Crippen MR) is 65.4 cm³/mol. The zero-order chi connectivity index (χ0) is 11.0. The quantitative estimate of drug-likeness (QED) is 0.750. The van der Waals surface area contributed by atoms with Crippen LogP contribution in [0.4, 0.5) is 5.82 Å². The molecule has 15 heavy (non-hydrogen) atoms. The van der Waals surface area contributed by atoms with Crippen molar-refractivity contribution in [2.75, 3.05) is 5.73 Å². The molecule has 4 heteroatoms. The van der Waals surface area contributed by atoms with Crippen LogP contribution in [0.25, 0.3) is 10.9 Å². The number of nitrogens with zero attached hydrogens (tertiary/aromatic N) is 2. The summed E-state index contributed by atoms with van der Waals surface area (Å²) >= 11 is 5.18. The Morgan fingerprint density at radius 2 is 2.20 bits per heavy atom. The molecule has 0 saturated carbocycles. The van der Waals surface area contributed by atoms with Gasteiger partial charge < -0.3 is 10.3 Å². The standard InChI is InChI=1S/C11H13N3S/c1-3-14-8-6-4-5-7(2)9(8)10(12)13-11(14)15/h4-6H,3H2,1-2H3,(H2,12,13,15). The van der Waals surface area contributed by atoms with Crippen molar-refractivity contribution < 1.29 is 0 Å². The molecule has 0 aliphatic heterocycles. The fraction of sp³-hybridized carbons (Fsp3) is 0.273. The Labute approximate surface area is 93.6 Å². The number of rotatable bonds is 1. The first-order valence-electron chi connectivity index (χ1n) is 4.90. The summed E-state index contributed by atoms with van der Waals surface area (Å²) in [5.74, 6) is 0.526. The van der Waals surface area contributed by atoms with E-state index < -0.39 is 0 Å². The molecule has 0 unspecified atom stereocenters. The van der Waals surface area contributed by atoms with Gasteiger partial charge in [-0.05, 0) is 37.7 Å². The lowest BCUT2D eigenvalue weighted by Gasteiger charge is -2.11. The maximum atomic E-state index is 5.89. The Balaban J connectivity index is 3.03. The molecule has 2 N–H and O–H groups in total. The number of fused-ring (bicyclic) bond motifs is 1. The van der Waals surface area contributed by atoms with E-state index in [4.69, 9.17) is 18.0 Å². The second kappa shape index (κ2) is 3.62. The van der Waals surface area contributed by atoms with Crippen molar-refractivity contribution in [3.63, 3.8) is 0 Å². The highest BCUT2D eigenvalue weighted by atomic mass is 32.1. The number of benzene rings is 1. The third-order valence-electron chi connectivity index (χ3n) is 2.56. The first-order chi connectivity index (χ1) is 7.15. The van der Waals surface area contributed by atoms with Crippen molar-refractivity contribution in [2.45, 2.75) is 20.4 Å². The summed E-state index contributed by atoms with van der Waals surface area (Å²) in [5.41, 5.74) is 8.09. The molecule has 2 aromatic rings. The van der Waals surface area contributed by atoms with Gasteiger partial charge >= 0.3 is 0 Å². The van der Waals surface area contributed by atoms with Crippen LogP contribution in [0.2, 0.25) is 0 Å². The Morgan fingerprint density at radius 3 is 2.87 bits per heavy atom. The van der Waals surface area contributed by atoms with Crippen molar-refractivity contribution in [3.05, 3.63) is 28.5 Å². The van der Waals surface area contributed by atoms with Gasteiger partial charge in [0.15, 0.2) is 0 Å². The van der Waals surface area contributed by atoms with E-state index >= 15 is 0 Å². The van der Waals surface area contributed by atoms with Crippen molar-refractivity contribution in [2.24, 2.45) is 0 Å². The number of hydrogen-bond acceptors (Lipinski definition) is 3. The van der Waals surface area contributed by atoms with E-state index in [-0.39, 0.29) is 0 Å². The molecule has 0 saturated heterocycles. The van der Waals surface area contributed by atoms with Gasteiger partial charge in [0.25, 0.3) is 0 Å². The summed E-state index contributed by atoms with van der Waals surface area (Å²) in [7, 11) is 0. The predicted octanol–water partition coefficient (Wildman–Crippen LogP) is 2.68. The molecule has 0 atom stereocenters. The zero-order valence-corrected chi connectivity index (χ0v) is 9.64. The van der Waals surface area contributed by atoms with Crippen LogP contribution in [0, 0.1) is 11.7 Å². The topological polar surface area (TPSA) is 43.8 Å². The highest BCUT2D eigenvalue weighted by Gasteiger charge is 2.06. The SMILES string of the molecule is CCn1c(=S)nc(N)c2c(C)cccc21. The summed E-state index contributed by atoms with van der Waals surface area (Å²) < 4.78 is 2.54. The third kappa shape index (κ3) is 1.51. The van der Waals surface area contributed by atoms with Gasteiger partial charge in [-0.25, -0.2) is 4.98 Å². The van der Waals surface area contributed by atoms with Crippen molar-refractivity contribution >= 4 is 28.9 Å². The summed E-state index contributed by atoms with van der Waals surface area (Å²) in [4.78, 5) is 4.19. The summed E-state index contributed by atoms with van der Waals surface area (Å²) in [6, 6.07) is 6.07. The molecule has 1 heterocycles. The lowest BCUT2D eigenvalue weighted by Crippen LogP contribution is -2.05. The molecule has 0 bridgehead atoms. The highest BCUT2D eigenvalue weighted by molar-refractivity contribution is 7.71. The van der Waals surface area contributed by atoms with Gasteiger partial charge in [-0.3, -0.25) is 0 Å². The van der Waals surface area contributed by atoms with Crippen LogP contribution < -0.4 is 5.73 Å². The number of anilines is 1. The maximum absolute atomic E-state index is 5.89. The van der Waals surface area contributed by atoms with Crippen LogP contribution in [-0.2, 0) is 6.54 Å². The molecule has 0 radical (unpaired) electrons. The van der Waals surface area contributed by atoms with Gasteiger partial charge in [-0.2, -0.15) is 0 Å². The molecule has 0 fully saturated rings. The fourth-order valence-corrected chi connectivity index (χ4v) is 2.16. The number of aromatic nitrogens is 2. The van der Waals surface area contributed by atoms with E-state index in [1.165, 1.54) is 0 Å². The van der Waals surface area contributed by atoms with Crippen LogP contribution in [0.5, 0.6) is 0 Å². The van der Waals surface area contributed by atoms with E-state index in [0.717, 1.165) is 23.0 Å². The molecule has 0 spiro atoms. The minimum absolute atomic E-state index is 0.526. The molecule has 3 nitrogen and oxygen atoms in total. The van der Waals surface area contributed by atoms with Crippen LogP contribution >= 0.6 is 12.2 Å². The first kappa shape index (κ1) is 10.1. The number of nitrogens with two attached hydrogens (primary N) is 1. The lowest BCUT2D eigenvalue weighted by molar-refractivity contribution is 0.755. The molecular formula is C11H13N3S. The molecule has 0 aliphatic rings. The smallest absolute Gasteiger partial charge is 0.201 e. The summed E-state index contributed by atoms with van der Waals surface area (Å²) in [6.45, 7) is 4.89. The Hall–Kier alpha value is -1.42. The molecular weight excluding hydrogens is 206 g/mol. The average molecular weight is 219 g/mol. The van der Waals surface area contributed by atoms with Crippen LogP contribution in [0.15, 0.2) is 18.2 Å². The number of nitrogen functional groups attached to an aromatic ring is 1. The van der Waals surface area contributed by atoms with Crippen LogP contribution in [-0.4, -0.2) is 9.55 Å². The van der Waals surface area contributed by atoms with E-state index in [9.17, 15) is 0 Å². The Bertz CT molecular complexity index is 572. The first-order valence-corrected chi connectivity index (χ1v) is 5.31. The monoisotopic (exact) mass is 219 g/mol. The van der Waals surface area contributed by atoms with E-state index in [1.54, 1.807) is 0 Å². The Morgan fingerprint density at radius 1 is 1.47 bits per heavy atom. The maximum Gasteiger partial charge on any atom is 0.201 e. The fourth-order valence-electron chi connectivity index (χ4n) is 1.84. The minimum atomic E-state index is 0.526. The van der Waals surface area contributed by atoms with E-state index in [2.05, 4.69) is 11.9 Å². The molecule has 0 aliphatic carbocycles.